The van der Waals surface area contributed by atoms with Gasteiger partial charge in [-0.1, -0.05) is 30.3 Å². The van der Waals surface area contributed by atoms with Crippen LogP contribution in [0.15, 0.2) is 97.2 Å². The van der Waals surface area contributed by atoms with Gasteiger partial charge in [0, 0.05) is 40.5 Å². The number of fused-ring (bicyclic) bond motifs is 3. The lowest BCUT2D eigenvalue weighted by atomic mass is 10.1. The Bertz CT molecular complexity index is 1610. The Balaban J connectivity index is 1.56. The minimum atomic E-state index is 0.575. The van der Waals surface area contributed by atoms with Crippen LogP contribution in [0.3, 0.4) is 0 Å². The number of hydrogen-bond acceptors (Lipinski definition) is 3. The van der Waals surface area contributed by atoms with E-state index < -0.39 is 0 Å². The molecule has 0 unspecified atom stereocenters. The van der Waals surface area contributed by atoms with Crippen LogP contribution in [0.1, 0.15) is 11.4 Å². The molecule has 0 bridgehead atoms. The number of pyridine rings is 1. The fourth-order valence-corrected chi connectivity index (χ4v) is 4.47. The third-order valence-corrected chi connectivity index (χ3v) is 5.85. The van der Waals surface area contributed by atoms with E-state index in [0.717, 1.165) is 39.5 Å². The summed E-state index contributed by atoms with van der Waals surface area (Å²) < 4.78 is 10.3. The predicted octanol–water partition coefficient (Wildman–Crippen LogP) is 6.77. The molecule has 0 fully saturated rings. The van der Waals surface area contributed by atoms with Gasteiger partial charge in [0.25, 0.3) is 0 Å². The van der Waals surface area contributed by atoms with Crippen LogP contribution in [-0.4, -0.2) is 19.3 Å². The van der Waals surface area contributed by atoms with Gasteiger partial charge in [-0.2, -0.15) is 5.10 Å². The summed E-state index contributed by atoms with van der Waals surface area (Å²) >= 11 is 0. The van der Waals surface area contributed by atoms with E-state index in [4.69, 9.17) is 4.74 Å². The second kappa shape index (κ2) is 7.64. The monoisotopic (exact) mass is 430 g/mol. The van der Waals surface area contributed by atoms with Crippen LogP contribution in [0, 0.1) is 13.8 Å². The standard InChI is InChI=1S/C28H22N4O/c1-19-16-20(2)32(30-19)22-9-7-8-21(17-22)31-26-11-4-3-10-24(26)25-14-13-23(18-27(25)31)33-28-12-5-6-15-29-28/h3-18H,1-2H3. The highest BCUT2D eigenvalue weighted by Gasteiger charge is 2.14. The Morgan fingerprint density at radius 2 is 1.52 bits per heavy atom. The summed E-state index contributed by atoms with van der Waals surface area (Å²) in [5.41, 5.74) is 6.44. The van der Waals surface area contributed by atoms with E-state index >= 15 is 0 Å². The summed E-state index contributed by atoms with van der Waals surface area (Å²) in [7, 11) is 0. The molecule has 3 aromatic heterocycles. The van der Waals surface area contributed by atoms with Crippen LogP contribution in [0.5, 0.6) is 11.6 Å². The van der Waals surface area contributed by atoms with E-state index in [1.54, 1.807) is 6.20 Å². The van der Waals surface area contributed by atoms with Crippen LogP contribution >= 0.6 is 0 Å². The van der Waals surface area contributed by atoms with Crippen LogP contribution in [0.4, 0.5) is 0 Å². The van der Waals surface area contributed by atoms with E-state index in [-0.39, 0.29) is 0 Å². The zero-order valence-corrected chi connectivity index (χ0v) is 18.4. The molecular formula is C28H22N4O. The molecule has 6 rings (SSSR count). The summed E-state index contributed by atoms with van der Waals surface area (Å²) in [6.07, 6.45) is 1.73. The third kappa shape index (κ3) is 3.34. The molecule has 3 aromatic carbocycles. The summed E-state index contributed by atoms with van der Waals surface area (Å²) in [4.78, 5) is 4.29. The molecule has 3 heterocycles. The highest BCUT2D eigenvalue weighted by Crippen LogP contribution is 2.35. The van der Waals surface area contributed by atoms with Crippen molar-refractivity contribution < 1.29 is 4.74 Å². The van der Waals surface area contributed by atoms with Crippen molar-refractivity contribution in [3.63, 3.8) is 0 Å². The van der Waals surface area contributed by atoms with Gasteiger partial charge in [0.1, 0.15) is 5.75 Å². The SMILES string of the molecule is Cc1cc(C)n(-c2cccc(-n3c4ccccc4c4ccc(Oc5ccccn5)cc43)c2)n1. The zero-order valence-electron chi connectivity index (χ0n) is 18.4. The number of hydrogen-bond donors (Lipinski definition) is 0. The summed E-state index contributed by atoms with van der Waals surface area (Å²) in [5.74, 6) is 1.32. The molecule has 5 heteroatoms. The number of aryl methyl sites for hydroxylation is 2. The first-order valence-electron chi connectivity index (χ1n) is 10.9. The summed E-state index contributed by atoms with van der Waals surface area (Å²) in [6, 6.07) is 30.9. The Hall–Kier alpha value is -4.38. The van der Waals surface area contributed by atoms with E-state index in [1.165, 1.54) is 10.8 Å². The van der Waals surface area contributed by atoms with Crippen molar-refractivity contribution >= 4 is 21.8 Å². The van der Waals surface area contributed by atoms with E-state index in [0.29, 0.717) is 5.88 Å². The van der Waals surface area contributed by atoms with Crippen molar-refractivity contribution in [3.8, 4) is 23.0 Å². The number of para-hydroxylation sites is 1. The van der Waals surface area contributed by atoms with Crippen LogP contribution < -0.4 is 4.74 Å². The topological polar surface area (TPSA) is 44.9 Å². The van der Waals surface area contributed by atoms with Gasteiger partial charge in [0.15, 0.2) is 0 Å². The molecule has 0 aliphatic rings. The predicted molar refractivity (Wildman–Crippen MR) is 132 cm³/mol. The Morgan fingerprint density at radius 3 is 2.33 bits per heavy atom. The van der Waals surface area contributed by atoms with Gasteiger partial charge < -0.3 is 9.30 Å². The van der Waals surface area contributed by atoms with Gasteiger partial charge in [-0.15, -0.1) is 0 Å². The molecule has 0 aliphatic heterocycles. The number of nitrogens with zero attached hydrogens (tertiary/aromatic N) is 4. The Labute approximate surface area is 191 Å². The van der Waals surface area contributed by atoms with E-state index in [1.807, 2.05) is 35.9 Å². The first kappa shape index (κ1) is 19.3. The minimum Gasteiger partial charge on any atom is -0.439 e. The molecule has 0 N–H and O–H groups in total. The first-order valence-corrected chi connectivity index (χ1v) is 10.9. The maximum atomic E-state index is 6.05. The lowest BCUT2D eigenvalue weighted by molar-refractivity contribution is 0.463. The van der Waals surface area contributed by atoms with Crippen molar-refractivity contribution in [1.82, 2.24) is 19.3 Å². The number of aromatic nitrogens is 4. The Morgan fingerprint density at radius 1 is 0.697 bits per heavy atom. The second-order valence-corrected chi connectivity index (χ2v) is 8.16. The van der Waals surface area contributed by atoms with Gasteiger partial charge in [0.05, 0.1) is 22.4 Å². The average Bonchev–Trinajstić information content (AvgIpc) is 3.35. The normalized spacial score (nSPS) is 11.3. The molecule has 5 nitrogen and oxygen atoms in total. The Kier molecular flexibility index (Phi) is 4.47. The van der Waals surface area contributed by atoms with Gasteiger partial charge in [-0.05, 0) is 62.4 Å². The van der Waals surface area contributed by atoms with Crippen molar-refractivity contribution in [2.24, 2.45) is 0 Å². The lowest BCUT2D eigenvalue weighted by Gasteiger charge is -2.12. The maximum absolute atomic E-state index is 6.05. The van der Waals surface area contributed by atoms with Crippen LogP contribution in [0.2, 0.25) is 0 Å². The molecule has 160 valence electrons. The molecule has 33 heavy (non-hydrogen) atoms. The van der Waals surface area contributed by atoms with Gasteiger partial charge in [0.2, 0.25) is 5.88 Å². The van der Waals surface area contributed by atoms with Crippen molar-refractivity contribution in [2.75, 3.05) is 0 Å². The fraction of sp³-hybridized carbons (Fsp3) is 0.0714. The second-order valence-electron chi connectivity index (χ2n) is 8.16. The fourth-order valence-electron chi connectivity index (χ4n) is 4.47. The molecule has 0 radical (unpaired) electrons. The largest absolute Gasteiger partial charge is 0.439 e. The molecule has 0 saturated carbocycles. The molecule has 0 aliphatic carbocycles. The van der Waals surface area contributed by atoms with Crippen molar-refractivity contribution in [3.05, 3.63) is 109 Å². The number of ether oxygens (including phenoxy) is 1. The highest BCUT2D eigenvalue weighted by molar-refractivity contribution is 6.09. The van der Waals surface area contributed by atoms with E-state index in [2.05, 4.69) is 88.3 Å². The van der Waals surface area contributed by atoms with Gasteiger partial charge in [-0.3, -0.25) is 0 Å². The molecule has 0 amide bonds. The molecular weight excluding hydrogens is 408 g/mol. The smallest absolute Gasteiger partial charge is 0.219 e. The summed E-state index contributed by atoms with van der Waals surface area (Å²) in [6.45, 7) is 4.10. The molecule has 0 saturated heterocycles. The van der Waals surface area contributed by atoms with Crippen molar-refractivity contribution in [2.45, 2.75) is 13.8 Å². The maximum Gasteiger partial charge on any atom is 0.219 e. The van der Waals surface area contributed by atoms with Gasteiger partial charge >= 0.3 is 0 Å². The number of benzene rings is 3. The molecule has 6 aromatic rings. The summed E-state index contributed by atoms with van der Waals surface area (Å²) in [5, 5.41) is 7.05. The van der Waals surface area contributed by atoms with E-state index in [9.17, 15) is 0 Å². The van der Waals surface area contributed by atoms with Gasteiger partial charge in [-0.25, -0.2) is 9.67 Å². The first-order chi connectivity index (χ1) is 16.2. The quantitative estimate of drug-likeness (QED) is 0.310. The zero-order chi connectivity index (χ0) is 22.4. The third-order valence-electron chi connectivity index (χ3n) is 5.85. The average molecular weight is 431 g/mol. The lowest BCUT2D eigenvalue weighted by Crippen LogP contribution is -2.01. The van der Waals surface area contributed by atoms with Crippen LogP contribution in [-0.2, 0) is 0 Å². The minimum absolute atomic E-state index is 0.575. The highest BCUT2D eigenvalue weighted by atomic mass is 16.5. The molecule has 0 atom stereocenters. The molecule has 0 spiro atoms. The van der Waals surface area contributed by atoms with Crippen molar-refractivity contribution in [1.29, 1.82) is 0 Å². The van der Waals surface area contributed by atoms with Crippen LogP contribution in [0.25, 0.3) is 33.2 Å². The number of rotatable bonds is 4.